The van der Waals surface area contributed by atoms with Crippen LogP contribution in [0, 0.1) is 6.92 Å². The fourth-order valence-electron chi connectivity index (χ4n) is 2.73. The zero-order valence-corrected chi connectivity index (χ0v) is 10.2. The first-order valence-electron chi connectivity index (χ1n) is 6.37. The van der Waals surface area contributed by atoms with Crippen LogP contribution in [0.15, 0.2) is 24.3 Å². The van der Waals surface area contributed by atoms with Gasteiger partial charge in [0.15, 0.2) is 5.79 Å². The monoisotopic (exact) mass is 233 g/mol. The van der Waals surface area contributed by atoms with E-state index < -0.39 is 0 Å². The van der Waals surface area contributed by atoms with E-state index in [-0.39, 0.29) is 11.9 Å². The third-order valence-electron chi connectivity index (χ3n) is 3.76. The molecule has 0 radical (unpaired) electrons. The van der Waals surface area contributed by atoms with Crippen LogP contribution in [-0.4, -0.2) is 25.5 Å². The van der Waals surface area contributed by atoms with Crippen molar-refractivity contribution >= 4 is 0 Å². The molecule has 1 aromatic carbocycles. The molecule has 17 heavy (non-hydrogen) atoms. The van der Waals surface area contributed by atoms with Gasteiger partial charge in [0.25, 0.3) is 0 Å². The van der Waals surface area contributed by atoms with Crippen molar-refractivity contribution in [2.45, 2.75) is 31.7 Å². The van der Waals surface area contributed by atoms with Crippen molar-refractivity contribution in [3.05, 3.63) is 35.4 Å². The van der Waals surface area contributed by atoms with Gasteiger partial charge in [-0.25, -0.2) is 0 Å². The summed E-state index contributed by atoms with van der Waals surface area (Å²) in [5.41, 5.74) is 2.55. The number of rotatable bonds is 1. The maximum absolute atomic E-state index is 6.19. The van der Waals surface area contributed by atoms with Gasteiger partial charge in [-0.15, -0.1) is 0 Å². The van der Waals surface area contributed by atoms with Gasteiger partial charge in [0.2, 0.25) is 0 Å². The second-order valence-corrected chi connectivity index (χ2v) is 4.93. The molecular weight excluding hydrogens is 214 g/mol. The highest BCUT2D eigenvalue weighted by molar-refractivity contribution is 5.28. The third-order valence-corrected chi connectivity index (χ3v) is 3.76. The Labute approximate surface area is 102 Å². The van der Waals surface area contributed by atoms with Crippen molar-refractivity contribution in [1.29, 1.82) is 0 Å². The number of hydrogen-bond acceptors (Lipinski definition) is 3. The summed E-state index contributed by atoms with van der Waals surface area (Å²) in [6, 6.07) is 8.41. The minimum absolute atomic E-state index is 0.106. The Bertz CT molecular complexity index is 399. The predicted octanol–water partition coefficient (Wildman–Crippen LogP) is 2.16. The minimum atomic E-state index is -0.321. The highest BCUT2D eigenvalue weighted by Crippen LogP contribution is 2.39. The number of ether oxygens (including phenoxy) is 2. The van der Waals surface area contributed by atoms with E-state index in [0.29, 0.717) is 6.61 Å². The lowest BCUT2D eigenvalue weighted by Gasteiger charge is -2.32. The largest absolute Gasteiger partial charge is 0.347 e. The third kappa shape index (κ3) is 2.10. The molecule has 2 aliphatic heterocycles. The summed E-state index contributed by atoms with van der Waals surface area (Å²) in [5, 5.41) is 3.34. The average Bonchev–Trinajstić information content (AvgIpc) is 2.74. The van der Waals surface area contributed by atoms with Gasteiger partial charge in [0.05, 0.1) is 6.61 Å². The topological polar surface area (TPSA) is 30.5 Å². The number of nitrogens with one attached hydrogen (secondary N) is 1. The standard InChI is InChI=1S/C14H19NO2/c1-11-4-2-3-5-12(11)13-10-16-14(17-13)6-8-15-9-7-14/h2-5,13,15H,6-10H2,1H3. The van der Waals surface area contributed by atoms with Crippen LogP contribution in [0.1, 0.15) is 30.1 Å². The molecule has 2 fully saturated rings. The Morgan fingerprint density at radius 2 is 2.00 bits per heavy atom. The van der Waals surface area contributed by atoms with Crippen LogP contribution in [0.4, 0.5) is 0 Å². The van der Waals surface area contributed by atoms with Crippen LogP contribution >= 0.6 is 0 Å². The van der Waals surface area contributed by atoms with Gasteiger partial charge in [-0.3, -0.25) is 0 Å². The van der Waals surface area contributed by atoms with Gasteiger partial charge in [0.1, 0.15) is 6.10 Å². The molecule has 1 aromatic rings. The van der Waals surface area contributed by atoms with Crippen LogP contribution in [0.25, 0.3) is 0 Å². The van der Waals surface area contributed by atoms with Gasteiger partial charge in [-0.1, -0.05) is 24.3 Å². The van der Waals surface area contributed by atoms with Crippen molar-refractivity contribution in [2.75, 3.05) is 19.7 Å². The van der Waals surface area contributed by atoms with Gasteiger partial charge in [-0.2, -0.15) is 0 Å². The highest BCUT2D eigenvalue weighted by atomic mass is 16.7. The smallest absolute Gasteiger partial charge is 0.171 e. The quantitative estimate of drug-likeness (QED) is 0.806. The van der Waals surface area contributed by atoms with Crippen LogP contribution in [0.2, 0.25) is 0 Å². The lowest BCUT2D eigenvalue weighted by atomic mass is 10.0. The molecular formula is C14H19NO2. The summed E-state index contributed by atoms with van der Waals surface area (Å²) in [4.78, 5) is 0. The molecule has 2 aliphatic rings. The first-order chi connectivity index (χ1) is 8.29. The number of hydrogen-bond donors (Lipinski definition) is 1. The zero-order chi connectivity index (χ0) is 11.7. The summed E-state index contributed by atoms with van der Waals surface area (Å²) < 4.78 is 12.1. The maximum atomic E-state index is 6.19. The summed E-state index contributed by atoms with van der Waals surface area (Å²) >= 11 is 0. The molecule has 1 spiro atoms. The second-order valence-electron chi connectivity index (χ2n) is 4.93. The van der Waals surface area contributed by atoms with Crippen LogP contribution in [0.3, 0.4) is 0 Å². The molecule has 0 amide bonds. The average molecular weight is 233 g/mol. The van der Waals surface area contributed by atoms with Gasteiger partial charge < -0.3 is 14.8 Å². The number of benzene rings is 1. The zero-order valence-electron chi connectivity index (χ0n) is 10.2. The van der Waals surface area contributed by atoms with E-state index in [4.69, 9.17) is 9.47 Å². The summed E-state index contributed by atoms with van der Waals surface area (Å²) in [6.07, 6.45) is 2.01. The van der Waals surface area contributed by atoms with E-state index in [1.807, 2.05) is 0 Å². The summed E-state index contributed by atoms with van der Waals surface area (Å²) in [6.45, 7) is 4.79. The molecule has 0 aliphatic carbocycles. The molecule has 92 valence electrons. The van der Waals surface area contributed by atoms with Crippen molar-refractivity contribution in [3.8, 4) is 0 Å². The lowest BCUT2D eigenvalue weighted by molar-refractivity contribution is -0.183. The van der Waals surface area contributed by atoms with Crippen LogP contribution < -0.4 is 5.32 Å². The molecule has 1 atom stereocenters. The highest BCUT2D eigenvalue weighted by Gasteiger charge is 2.42. The van der Waals surface area contributed by atoms with Crippen molar-refractivity contribution in [2.24, 2.45) is 0 Å². The normalized spacial score (nSPS) is 27.5. The van der Waals surface area contributed by atoms with Crippen LogP contribution in [0.5, 0.6) is 0 Å². The van der Waals surface area contributed by atoms with Crippen molar-refractivity contribution in [3.63, 3.8) is 0 Å². The minimum Gasteiger partial charge on any atom is -0.347 e. The number of piperidine rings is 1. The van der Waals surface area contributed by atoms with Gasteiger partial charge in [-0.05, 0) is 18.1 Å². The van der Waals surface area contributed by atoms with Gasteiger partial charge >= 0.3 is 0 Å². The van der Waals surface area contributed by atoms with E-state index in [2.05, 4.69) is 36.5 Å². The molecule has 0 saturated carbocycles. The number of aryl methyl sites for hydroxylation is 1. The predicted molar refractivity (Wildman–Crippen MR) is 65.8 cm³/mol. The first kappa shape index (κ1) is 11.2. The molecule has 1 N–H and O–H groups in total. The summed E-state index contributed by atoms with van der Waals surface area (Å²) in [5.74, 6) is -0.321. The van der Waals surface area contributed by atoms with E-state index in [9.17, 15) is 0 Å². The lowest BCUT2D eigenvalue weighted by Crippen LogP contribution is -2.42. The fraction of sp³-hybridized carbons (Fsp3) is 0.571. The molecule has 0 aromatic heterocycles. The second kappa shape index (κ2) is 4.41. The van der Waals surface area contributed by atoms with E-state index in [0.717, 1.165) is 25.9 Å². The fourth-order valence-corrected chi connectivity index (χ4v) is 2.73. The van der Waals surface area contributed by atoms with E-state index in [1.165, 1.54) is 11.1 Å². The Kier molecular flexibility index (Phi) is 2.90. The molecule has 2 heterocycles. The Morgan fingerprint density at radius 3 is 2.76 bits per heavy atom. The molecule has 3 heteroatoms. The van der Waals surface area contributed by atoms with E-state index in [1.54, 1.807) is 0 Å². The first-order valence-corrected chi connectivity index (χ1v) is 6.37. The van der Waals surface area contributed by atoms with Crippen molar-refractivity contribution < 1.29 is 9.47 Å². The Morgan fingerprint density at radius 1 is 1.24 bits per heavy atom. The maximum Gasteiger partial charge on any atom is 0.171 e. The summed E-state index contributed by atoms with van der Waals surface area (Å²) in [7, 11) is 0. The molecule has 1 unspecified atom stereocenters. The van der Waals surface area contributed by atoms with Crippen LogP contribution in [-0.2, 0) is 9.47 Å². The van der Waals surface area contributed by atoms with Gasteiger partial charge in [0, 0.05) is 25.9 Å². The Balaban J connectivity index is 1.77. The SMILES string of the molecule is Cc1ccccc1C1COC2(CCNCC2)O1. The molecule has 3 rings (SSSR count). The molecule has 3 nitrogen and oxygen atoms in total. The Hall–Kier alpha value is -0.900. The molecule has 0 bridgehead atoms. The van der Waals surface area contributed by atoms with E-state index >= 15 is 0 Å². The molecule has 2 saturated heterocycles. The van der Waals surface area contributed by atoms with Crippen molar-refractivity contribution in [1.82, 2.24) is 5.32 Å².